The molecular formula is C46H31N5. The minimum atomic E-state index is 0.622. The Morgan fingerprint density at radius 3 is 1.37 bits per heavy atom. The summed E-state index contributed by atoms with van der Waals surface area (Å²) in [5.74, 6) is 1.89. The molecule has 6 aromatic carbocycles. The van der Waals surface area contributed by atoms with E-state index in [0.29, 0.717) is 17.5 Å². The van der Waals surface area contributed by atoms with Crippen molar-refractivity contribution in [3.05, 3.63) is 176 Å². The van der Waals surface area contributed by atoms with E-state index in [2.05, 4.69) is 115 Å². The fourth-order valence-electron chi connectivity index (χ4n) is 6.60. The monoisotopic (exact) mass is 653 g/mol. The molecule has 3 heterocycles. The SMILES string of the molecule is Cc1cc(-c2ccc(-c3nc(-c4ccccc4)nc(-c4ccc(-c5ccccc5)cc4)n3)cc2)c2ccc3ccc(-c4ccccc4)nc3c2n1. The highest BCUT2D eigenvalue weighted by molar-refractivity contribution is 6.08. The van der Waals surface area contributed by atoms with Gasteiger partial charge in [-0.3, -0.25) is 4.98 Å². The average molecular weight is 654 g/mol. The van der Waals surface area contributed by atoms with Crippen LogP contribution in [0.25, 0.3) is 89.5 Å². The predicted octanol–water partition coefficient (Wildman–Crippen LogP) is 11.3. The third-order valence-electron chi connectivity index (χ3n) is 9.21. The molecule has 0 fully saturated rings. The van der Waals surface area contributed by atoms with Gasteiger partial charge in [0.25, 0.3) is 0 Å². The summed E-state index contributed by atoms with van der Waals surface area (Å²) in [6.45, 7) is 2.04. The molecule has 0 bridgehead atoms. The second-order valence-electron chi connectivity index (χ2n) is 12.6. The number of hydrogen-bond acceptors (Lipinski definition) is 5. The quantitative estimate of drug-likeness (QED) is 0.167. The first-order chi connectivity index (χ1) is 25.2. The number of benzene rings is 6. The molecule has 0 saturated carbocycles. The molecule has 0 saturated heterocycles. The Morgan fingerprint density at radius 1 is 0.333 bits per heavy atom. The van der Waals surface area contributed by atoms with Crippen LogP contribution in [0.5, 0.6) is 0 Å². The van der Waals surface area contributed by atoms with E-state index < -0.39 is 0 Å². The van der Waals surface area contributed by atoms with E-state index in [0.717, 1.165) is 72.1 Å². The van der Waals surface area contributed by atoms with Crippen LogP contribution in [-0.2, 0) is 0 Å². The van der Waals surface area contributed by atoms with Gasteiger partial charge in [0.1, 0.15) is 0 Å². The Bertz CT molecular complexity index is 2660. The lowest BCUT2D eigenvalue weighted by molar-refractivity contribution is 1.07. The van der Waals surface area contributed by atoms with E-state index >= 15 is 0 Å². The Labute approximate surface area is 296 Å². The number of fused-ring (bicyclic) bond motifs is 3. The number of aryl methyl sites for hydroxylation is 1. The molecule has 0 aliphatic rings. The van der Waals surface area contributed by atoms with Crippen LogP contribution in [0.15, 0.2) is 170 Å². The van der Waals surface area contributed by atoms with Crippen molar-refractivity contribution in [1.82, 2.24) is 24.9 Å². The summed E-state index contributed by atoms with van der Waals surface area (Å²) in [6.07, 6.45) is 0. The maximum Gasteiger partial charge on any atom is 0.164 e. The number of rotatable bonds is 6. The van der Waals surface area contributed by atoms with Crippen LogP contribution in [0.3, 0.4) is 0 Å². The highest BCUT2D eigenvalue weighted by Crippen LogP contribution is 2.35. The van der Waals surface area contributed by atoms with Crippen LogP contribution < -0.4 is 0 Å². The van der Waals surface area contributed by atoms with Crippen LogP contribution >= 0.6 is 0 Å². The van der Waals surface area contributed by atoms with Crippen molar-refractivity contribution in [1.29, 1.82) is 0 Å². The highest BCUT2D eigenvalue weighted by Gasteiger charge is 2.15. The molecule has 0 unspecified atom stereocenters. The zero-order valence-corrected chi connectivity index (χ0v) is 27.9. The molecule has 0 atom stereocenters. The number of pyridine rings is 2. The first-order valence-corrected chi connectivity index (χ1v) is 17.0. The van der Waals surface area contributed by atoms with Gasteiger partial charge in [0, 0.05) is 38.7 Å². The molecular weight excluding hydrogens is 623 g/mol. The second-order valence-corrected chi connectivity index (χ2v) is 12.6. The minimum Gasteiger partial charge on any atom is -0.251 e. The molecule has 0 aliphatic carbocycles. The lowest BCUT2D eigenvalue weighted by Gasteiger charge is -2.12. The fourth-order valence-corrected chi connectivity index (χ4v) is 6.60. The maximum atomic E-state index is 5.10. The first kappa shape index (κ1) is 30.2. The normalized spacial score (nSPS) is 11.2. The fraction of sp³-hybridized carbons (Fsp3) is 0.0217. The molecule has 3 aromatic heterocycles. The number of hydrogen-bond donors (Lipinski definition) is 0. The lowest BCUT2D eigenvalue weighted by atomic mass is 9.97. The Morgan fingerprint density at radius 2 is 0.784 bits per heavy atom. The van der Waals surface area contributed by atoms with Crippen LogP contribution in [0.4, 0.5) is 0 Å². The summed E-state index contributed by atoms with van der Waals surface area (Å²) < 4.78 is 0. The van der Waals surface area contributed by atoms with Gasteiger partial charge in [0.2, 0.25) is 0 Å². The third kappa shape index (κ3) is 5.91. The standard InChI is InChI=1S/C46H31N5/c1-30-29-40(39-27-25-35-26-28-41(34-13-7-3-8-14-34)48-42(35)43(39)47-30)33-19-23-38(24-20-33)46-50-44(36-15-9-4-10-16-36)49-45(51-46)37-21-17-32(18-22-37)31-11-5-2-6-12-31/h2-29H,1H3. The van der Waals surface area contributed by atoms with Gasteiger partial charge in [0.05, 0.1) is 16.7 Å². The summed E-state index contributed by atoms with van der Waals surface area (Å²) in [6, 6.07) is 58.2. The Hall–Kier alpha value is -6.85. The Kier molecular flexibility index (Phi) is 7.63. The topological polar surface area (TPSA) is 64.5 Å². The van der Waals surface area contributed by atoms with Crippen molar-refractivity contribution in [2.45, 2.75) is 6.92 Å². The zero-order valence-electron chi connectivity index (χ0n) is 27.9. The number of nitrogens with zero attached hydrogens (tertiary/aromatic N) is 5. The van der Waals surface area contributed by atoms with Crippen molar-refractivity contribution in [2.75, 3.05) is 0 Å². The van der Waals surface area contributed by atoms with Gasteiger partial charge in [-0.25, -0.2) is 19.9 Å². The molecule has 5 nitrogen and oxygen atoms in total. The van der Waals surface area contributed by atoms with E-state index in [-0.39, 0.29) is 0 Å². The summed E-state index contributed by atoms with van der Waals surface area (Å²) in [7, 11) is 0. The van der Waals surface area contributed by atoms with E-state index in [1.165, 1.54) is 5.56 Å². The smallest absolute Gasteiger partial charge is 0.164 e. The molecule has 0 radical (unpaired) electrons. The van der Waals surface area contributed by atoms with E-state index in [4.69, 9.17) is 24.9 Å². The van der Waals surface area contributed by atoms with Gasteiger partial charge in [-0.2, -0.15) is 0 Å². The predicted molar refractivity (Wildman–Crippen MR) is 208 cm³/mol. The second kappa shape index (κ2) is 12.9. The van der Waals surface area contributed by atoms with Crippen LogP contribution in [0.1, 0.15) is 5.69 Å². The molecule has 0 spiro atoms. The van der Waals surface area contributed by atoms with E-state index in [1.54, 1.807) is 0 Å². The van der Waals surface area contributed by atoms with Crippen LogP contribution in [-0.4, -0.2) is 24.9 Å². The van der Waals surface area contributed by atoms with Crippen molar-refractivity contribution >= 4 is 21.8 Å². The van der Waals surface area contributed by atoms with Gasteiger partial charge in [-0.1, -0.05) is 158 Å². The molecule has 0 amide bonds. The number of aromatic nitrogens is 5. The molecule has 9 rings (SSSR count). The Balaban J connectivity index is 1.11. The molecule has 0 N–H and O–H groups in total. The molecule has 0 aliphatic heterocycles. The molecule has 5 heteroatoms. The van der Waals surface area contributed by atoms with Crippen molar-refractivity contribution in [2.24, 2.45) is 0 Å². The zero-order chi connectivity index (χ0) is 34.1. The first-order valence-electron chi connectivity index (χ1n) is 17.0. The highest BCUT2D eigenvalue weighted by atomic mass is 15.0. The summed E-state index contributed by atoms with van der Waals surface area (Å²) >= 11 is 0. The maximum absolute atomic E-state index is 5.10. The van der Waals surface area contributed by atoms with Crippen molar-refractivity contribution in [3.63, 3.8) is 0 Å². The van der Waals surface area contributed by atoms with Gasteiger partial charge in [0.15, 0.2) is 17.5 Å². The molecule has 51 heavy (non-hydrogen) atoms. The lowest BCUT2D eigenvalue weighted by Crippen LogP contribution is -2.00. The minimum absolute atomic E-state index is 0.622. The van der Waals surface area contributed by atoms with E-state index in [9.17, 15) is 0 Å². The summed E-state index contributed by atoms with van der Waals surface area (Å²) in [5.41, 5.74) is 12.1. The average Bonchev–Trinajstić information content (AvgIpc) is 3.21. The largest absolute Gasteiger partial charge is 0.251 e. The molecule has 240 valence electrons. The van der Waals surface area contributed by atoms with Crippen molar-refractivity contribution < 1.29 is 0 Å². The van der Waals surface area contributed by atoms with Crippen molar-refractivity contribution in [3.8, 4) is 67.7 Å². The van der Waals surface area contributed by atoms with E-state index in [1.807, 2.05) is 61.5 Å². The van der Waals surface area contributed by atoms with Gasteiger partial charge >= 0.3 is 0 Å². The summed E-state index contributed by atoms with van der Waals surface area (Å²) in [4.78, 5) is 25.0. The summed E-state index contributed by atoms with van der Waals surface area (Å²) in [5, 5.41) is 2.13. The third-order valence-corrected chi connectivity index (χ3v) is 9.21. The van der Waals surface area contributed by atoms with Crippen LogP contribution in [0.2, 0.25) is 0 Å². The van der Waals surface area contributed by atoms with Gasteiger partial charge in [-0.05, 0) is 41.3 Å². The molecule has 9 aromatic rings. The van der Waals surface area contributed by atoms with Crippen LogP contribution in [0, 0.1) is 6.92 Å². The van der Waals surface area contributed by atoms with Gasteiger partial charge < -0.3 is 0 Å². The van der Waals surface area contributed by atoms with Gasteiger partial charge in [-0.15, -0.1) is 0 Å².